The predicted molar refractivity (Wildman–Crippen MR) is 126 cm³/mol. The highest BCUT2D eigenvalue weighted by atomic mass is 16.4. The lowest BCUT2D eigenvalue weighted by molar-refractivity contribution is -0.136. The largest absolute Gasteiger partial charge is 0.481 e. The molecule has 0 unspecified atom stereocenters. The summed E-state index contributed by atoms with van der Waals surface area (Å²) in [6, 6.07) is 19.6. The Bertz CT molecular complexity index is 1330. The molecule has 0 fully saturated rings. The Kier molecular flexibility index (Phi) is 6.77. The minimum absolute atomic E-state index is 0.0563. The van der Waals surface area contributed by atoms with Crippen molar-refractivity contribution in [2.75, 3.05) is 0 Å². The van der Waals surface area contributed by atoms with E-state index in [1.165, 1.54) is 0 Å². The Balaban J connectivity index is 1.67. The van der Waals surface area contributed by atoms with Crippen LogP contribution in [0.3, 0.4) is 0 Å². The first-order valence-corrected chi connectivity index (χ1v) is 10.8. The normalized spacial score (nSPS) is 12.5. The monoisotopic (exact) mass is 456 g/mol. The van der Waals surface area contributed by atoms with Crippen molar-refractivity contribution in [1.29, 1.82) is 0 Å². The standard InChI is InChI=1S/C26H24N4O4/c1-16-5-3-4-6-21(16)22(14-23(30-33)20-11-12-27-17(2)13-20)18-7-9-19(10-8-18)26-29-28-24(34-26)15-25(31)32/h3-13,22,33H,14-15H2,1-2H3,(H,31,32)/t22-/m1/s1. The molecule has 0 aliphatic heterocycles. The van der Waals surface area contributed by atoms with Gasteiger partial charge in [-0.2, -0.15) is 0 Å². The van der Waals surface area contributed by atoms with Crippen molar-refractivity contribution in [3.8, 4) is 11.5 Å². The van der Waals surface area contributed by atoms with Crippen LogP contribution in [0.5, 0.6) is 0 Å². The van der Waals surface area contributed by atoms with E-state index in [9.17, 15) is 10.0 Å². The molecule has 2 aromatic heterocycles. The van der Waals surface area contributed by atoms with Gasteiger partial charge in [0.1, 0.15) is 6.42 Å². The van der Waals surface area contributed by atoms with Crippen LogP contribution in [0.25, 0.3) is 11.5 Å². The zero-order valence-corrected chi connectivity index (χ0v) is 18.8. The minimum Gasteiger partial charge on any atom is -0.481 e. The molecule has 1 atom stereocenters. The lowest BCUT2D eigenvalue weighted by Gasteiger charge is -2.21. The van der Waals surface area contributed by atoms with Crippen LogP contribution in [-0.4, -0.2) is 37.2 Å². The van der Waals surface area contributed by atoms with Crippen molar-refractivity contribution >= 4 is 11.7 Å². The maximum absolute atomic E-state index is 10.9. The molecule has 4 rings (SSSR count). The Morgan fingerprint density at radius 2 is 1.82 bits per heavy atom. The van der Waals surface area contributed by atoms with Crippen LogP contribution in [0, 0.1) is 13.8 Å². The van der Waals surface area contributed by atoms with Gasteiger partial charge >= 0.3 is 5.97 Å². The Labute approximate surface area is 196 Å². The molecule has 8 heteroatoms. The highest BCUT2D eigenvalue weighted by Gasteiger charge is 2.21. The number of aliphatic carboxylic acids is 1. The molecule has 4 aromatic rings. The molecule has 172 valence electrons. The smallest absolute Gasteiger partial charge is 0.312 e. The number of hydrogen-bond acceptors (Lipinski definition) is 7. The molecule has 0 saturated heterocycles. The third-order valence-electron chi connectivity index (χ3n) is 5.64. The van der Waals surface area contributed by atoms with E-state index in [1.807, 2.05) is 55.5 Å². The van der Waals surface area contributed by atoms with Crippen LogP contribution in [0.15, 0.2) is 76.4 Å². The molecule has 0 saturated carbocycles. The van der Waals surface area contributed by atoms with Gasteiger partial charge < -0.3 is 14.7 Å². The third-order valence-corrected chi connectivity index (χ3v) is 5.64. The van der Waals surface area contributed by atoms with Gasteiger partial charge in [-0.25, -0.2) is 0 Å². The molecular weight excluding hydrogens is 432 g/mol. The van der Waals surface area contributed by atoms with Crippen LogP contribution in [-0.2, 0) is 11.2 Å². The molecule has 0 radical (unpaired) electrons. The summed E-state index contributed by atoms with van der Waals surface area (Å²) in [5.74, 6) is -0.779. The van der Waals surface area contributed by atoms with Crippen molar-refractivity contribution in [1.82, 2.24) is 15.2 Å². The van der Waals surface area contributed by atoms with Crippen molar-refractivity contribution in [3.05, 3.63) is 101 Å². The summed E-state index contributed by atoms with van der Waals surface area (Å²) < 4.78 is 5.47. The van der Waals surface area contributed by atoms with Gasteiger partial charge in [0, 0.05) is 35.4 Å². The van der Waals surface area contributed by atoms with E-state index in [0.29, 0.717) is 17.7 Å². The van der Waals surface area contributed by atoms with Crippen LogP contribution in [0.1, 0.15) is 46.2 Å². The van der Waals surface area contributed by atoms with Crippen molar-refractivity contribution in [2.45, 2.75) is 32.6 Å². The number of hydrogen-bond donors (Lipinski definition) is 2. The summed E-state index contributed by atoms with van der Waals surface area (Å²) in [7, 11) is 0. The van der Waals surface area contributed by atoms with Gasteiger partial charge in [0.2, 0.25) is 11.8 Å². The molecule has 0 spiro atoms. The predicted octanol–water partition coefficient (Wildman–Crippen LogP) is 4.78. The number of rotatable bonds is 8. The zero-order chi connectivity index (χ0) is 24.1. The van der Waals surface area contributed by atoms with Gasteiger partial charge in [0.15, 0.2) is 0 Å². The van der Waals surface area contributed by atoms with Gasteiger partial charge in [-0.3, -0.25) is 9.78 Å². The zero-order valence-electron chi connectivity index (χ0n) is 18.8. The van der Waals surface area contributed by atoms with E-state index in [1.54, 1.807) is 6.20 Å². The Hall–Kier alpha value is -4.33. The second-order valence-electron chi connectivity index (χ2n) is 8.04. The molecule has 2 aromatic carbocycles. The van der Waals surface area contributed by atoms with Crippen LogP contribution < -0.4 is 0 Å². The highest BCUT2D eigenvalue weighted by Crippen LogP contribution is 2.33. The van der Waals surface area contributed by atoms with Crippen LogP contribution >= 0.6 is 0 Å². The van der Waals surface area contributed by atoms with Gasteiger partial charge in [-0.15, -0.1) is 10.2 Å². The van der Waals surface area contributed by atoms with E-state index in [2.05, 4.69) is 39.4 Å². The summed E-state index contributed by atoms with van der Waals surface area (Å²) in [4.78, 5) is 15.1. The van der Waals surface area contributed by atoms with Gasteiger partial charge in [0.25, 0.3) is 0 Å². The number of pyridine rings is 1. The van der Waals surface area contributed by atoms with E-state index >= 15 is 0 Å². The fraction of sp³-hybridized carbons (Fsp3) is 0.192. The first-order valence-electron chi connectivity index (χ1n) is 10.8. The first kappa shape index (κ1) is 22.8. The Morgan fingerprint density at radius 3 is 2.50 bits per heavy atom. The van der Waals surface area contributed by atoms with E-state index in [-0.39, 0.29) is 24.1 Å². The summed E-state index contributed by atoms with van der Waals surface area (Å²) in [5, 5.41) is 30.1. The molecule has 0 aliphatic carbocycles. The maximum atomic E-state index is 10.9. The van der Waals surface area contributed by atoms with Gasteiger partial charge in [0.05, 0.1) is 5.71 Å². The topological polar surface area (TPSA) is 122 Å². The first-order chi connectivity index (χ1) is 16.4. The van der Waals surface area contributed by atoms with Crippen molar-refractivity contribution in [3.63, 3.8) is 0 Å². The number of nitrogens with zero attached hydrogens (tertiary/aromatic N) is 4. The number of carboxylic acid groups (broad SMARTS) is 1. The number of aryl methyl sites for hydroxylation is 2. The SMILES string of the molecule is Cc1cc(C(C[C@H](c2ccc(-c3nnc(CC(=O)O)o3)cc2)c2ccccc2C)=NO)ccn1. The second-order valence-corrected chi connectivity index (χ2v) is 8.04. The summed E-state index contributed by atoms with van der Waals surface area (Å²) in [6.45, 7) is 3.96. The lowest BCUT2D eigenvalue weighted by Crippen LogP contribution is -2.12. The summed E-state index contributed by atoms with van der Waals surface area (Å²) in [6.07, 6.45) is 1.86. The summed E-state index contributed by atoms with van der Waals surface area (Å²) in [5.41, 5.74) is 6.21. The molecule has 8 nitrogen and oxygen atoms in total. The highest BCUT2D eigenvalue weighted by molar-refractivity contribution is 6.01. The lowest BCUT2D eigenvalue weighted by atomic mass is 9.83. The number of benzene rings is 2. The Morgan fingerprint density at radius 1 is 1.06 bits per heavy atom. The fourth-order valence-electron chi connectivity index (χ4n) is 3.95. The average Bonchev–Trinajstić information content (AvgIpc) is 3.28. The molecular formula is C26H24N4O4. The maximum Gasteiger partial charge on any atom is 0.312 e. The average molecular weight is 457 g/mol. The van der Waals surface area contributed by atoms with E-state index < -0.39 is 5.97 Å². The van der Waals surface area contributed by atoms with Crippen LogP contribution in [0.2, 0.25) is 0 Å². The number of aromatic nitrogens is 3. The molecule has 0 amide bonds. The van der Waals surface area contributed by atoms with E-state index in [4.69, 9.17) is 9.52 Å². The molecule has 0 aliphatic rings. The molecule has 34 heavy (non-hydrogen) atoms. The fourth-order valence-corrected chi connectivity index (χ4v) is 3.95. The molecule has 0 bridgehead atoms. The van der Waals surface area contributed by atoms with Crippen LogP contribution in [0.4, 0.5) is 0 Å². The molecule has 2 heterocycles. The summed E-state index contributed by atoms with van der Waals surface area (Å²) >= 11 is 0. The van der Waals surface area contributed by atoms with Gasteiger partial charge in [-0.1, -0.05) is 41.6 Å². The second kappa shape index (κ2) is 10.1. The van der Waals surface area contributed by atoms with E-state index in [0.717, 1.165) is 27.9 Å². The minimum atomic E-state index is -1.03. The molecule has 2 N–H and O–H groups in total. The number of carbonyl (C=O) groups is 1. The van der Waals surface area contributed by atoms with Crippen molar-refractivity contribution < 1.29 is 19.5 Å². The number of carboxylic acids is 1. The third kappa shape index (κ3) is 5.17. The van der Waals surface area contributed by atoms with Gasteiger partial charge in [-0.05, 0) is 54.8 Å². The number of oxime groups is 1. The van der Waals surface area contributed by atoms with Crippen molar-refractivity contribution in [2.24, 2.45) is 5.16 Å². The quantitative estimate of drug-likeness (QED) is 0.222.